The maximum absolute atomic E-state index is 15.4. The molecule has 0 spiro atoms. The topological polar surface area (TPSA) is 91.3 Å². The smallest absolute Gasteiger partial charge is 0.226 e. The van der Waals surface area contributed by atoms with Crippen molar-refractivity contribution in [3.8, 4) is 6.07 Å². The summed E-state index contributed by atoms with van der Waals surface area (Å²) < 4.78 is 21.4. The number of fused-ring (bicyclic) bond motifs is 3. The molecule has 2 N–H and O–H groups in total. The number of halogens is 1. The van der Waals surface area contributed by atoms with Gasteiger partial charge in [0, 0.05) is 29.7 Å². The van der Waals surface area contributed by atoms with Crippen LogP contribution in [0, 0.1) is 11.3 Å². The SMILES string of the molecule is C/C=C(/F)c1sc(N)c(C#N)c1/C(=C(\C)CC)c1c2c(c3cnc(N4CCC[C@@H]4C)nc3c1CCC)COC2.CC.CCCCCN(C)CCC. The summed E-state index contributed by atoms with van der Waals surface area (Å²) in [6.07, 6.45) is 13.5. The second-order valence-corrected chi connectivity index (χ2v) is 14.5. The van der Waals surface area contributed by atoms with Crippen LogP contribution < -0.4 is 10.6 Å². The standard InChI is InChI=1S/C31H36FN5OS.C9H21N.C2H6/c1-6-10-19-26(25(17(4)7-2)27-20(13-33)30(34)39-29(27)24(32)8-3)23-16-38-15-22(23)21-14-35-31(36-28(19)21)37-12-9-11-18(37)5;1-4-6-7-9-10(3)8-5-2;1-2/h8,14,18H,6-7,9-12,15-16,34H2,1-5H3;4-9H2,1-3H3;1-2H3/b24-8+,25-17+;;/t18-;;/m0../s1. The summed E-state index contributed by atoms with van der Waals surface area (Å²) >= 11 is 1.14. The van der Waals surface area contributed by atoms with Gasteiger partial charge in [-0.05, 0) is 107 Å². The third-order valence-electron chi connectivity index (χ3n) is 9.88. The van der Waals surface area contributed by atoms with E-state index < -0.39 is 0 Å². The number of nitrogens with two attached hydrogens (primary N) is 1. The van der Waals surface area contributed by atoms with Crippen LogP contribution in [0.3, 0.4) is 0 Å². The predicted octanol–water partition coefficient (Wildman–Crippen LogP) is 11.2. The fourth-order valence-electron chi connectivity index (χ4n) is 7.13. The molecule has 1 atom stereocenters. The Morgan fingerprint density at radius 3 is 2.43 bits per heavy atom. The van der Waals surface area contributed by atoms with E-state index in [2.05, 4.69) is 64.5 Å². The van der Waals surface area contributed by atoms with Gasteiger partial charge in [-0.15, -0.1) is 11.3 Å². The van der Waals surface area contributed by atoms with Crippen molar-refractivity contribution in [2.75, 3.05) is 37.3 Å². The molecule has 0 bridgehead atoms. The number of nitrogens with zero attached hydrogens (tertiary/aromatic N) is 5. The highest BCUT2D eigenvalue weighted by molar-refractivity contribution is 7.17. The lowest BCUT2D eigenvalue weighted by Gasteiger charge is -2.25. The van der Waals surface area contributed by atoms with Crippen LogP contribution >= 0.6 is 11.3 Å². The van der Waals surface area contributed by atoms with Gasteiger partial charge in [0.05, 0.1) is 29.2 Å². The number of nitriles is 1. The van der Waals surface area contributed by atoms with Crippen molar-refractivity contribution in [1.29, 1.82) is 5.26 Å². The molecular weight excluding hydrogens is 656 g/mol. The van der Waals surface area contributed by atoms with E-state index in [1.807, 2.05) is 20.0 Å². The van der Waals surface area contributed by atoms with Crippen molar-refractivity contribution < 1.29 is 9.13 Å². The molecule has 51 heavy (non-hydrogen) atoms. The minimum atomic E-state index is -0.372. The second-order valence-electron chi connectivity index (χ2n) is 13.5. The number of ether oxygens (including phenoxy) is 1. The van der Waals surface area contributed by atoms with Gasteiger partial charge in [-0.2, -0.15) is 5.26 Å². The number of aromatic nitrogens is 2. The Morgan fingerprint density at radius 1 is 1.12 bits per heavy atom. The molecule has 4 heterocycles. The van der Waals surface area contributed by atoms with Crippen LogP contribution in [-0.4, -0.2) is 47.6 Å². The Balaban J connectivity index is 0.000000507. The van der Waals surface area contributed by atoms with E-state index in [1.165, 1.54) is 44.8 Å². The summed E-state index contributed by atoms with van der Waals surface area (Å²) in [5.74, 6) is 0.383. The van der Waals surface area contributed by atoms with Gasteiger partial charge in [-0.1, -0.05) is 72.5 Å². The Labute approximate surface area is 311 Å². The molecule has 0 unspecified atom stereocenters. The molecule has 3 aromatic rings. The maximum atomic E-state index is 15.4. The Hall–Kier alpha value is -3.32. The highest BCUT2D eigenvalue weighted by atomic mass is 32.1. The Bertz CT molecular complexity index is 1700. The quantitative estimate of drug-likeness (QED) is 0.176. The van der Waals surface area contributed by atoms with Crippen molar-refractivity contribution in [2.24, 2.45) is 0 Å². The van der Waals surface area contributed by atoms with E-state index in [0.29, 0.717) is 40.3 Å². The number of nitrogen functional groups attached to an aromatic ring is 1. The summed E-state index contributed by atoms with van der Waals surface area (Å²) in [6, 6.07) is 2.69. The van der Waals surface area contributed by atoms with Gasteiger partial charge in [0.25, 0.3) is 0 Å². The first-order chi connectivity index (χ1) is 24.7. The molecule has 7 nitrogen and oxygen atoms in total. The minimum absolute atomic E-state index is 0.333. The number of hydrogen-bond donors (Lipinski definition) is 1. The molecule has 280 valence electrons. The number of aryl methyl sites for hydroxylation is 1. The van der Waals surface area contributed by atoms with E-state index in [9.17, 15) is 5.26 Å². The largest absolute Gasteiger partial charge is 0.389 e. The van der Waals surface area contributed by atoms with E-state index >= 15 is 4.39 Å². The highest BCUT2D eigenvalue weighted by Gasteiger charge is 2.32. The normalized spacial score (nSPS) is 16.0. The molecule has 0 amide bonds. The first kappa shape index (κ1) is 42.1. The van der Waals surface area contributed by atoms with Gasteiger partial charge in [-0.25, -0.2) is 14.4 Å². The third-order valence-corrected chi connectivity index (χ3v) is 10.9. The molecule has 9 heteroatoms. The lowest BCUT2D eigenvalue weighted by Crippen LogP contribution is -2.28. The Morgan fingerprint density at radius 2 is 1.84 bits per heavy atom. The van der Waals surface area contributed by atoms with Crippen LogP contribution in [0.5, 0.6) is 0 Å². The van der Waals surface area contributed by atoms with Crippen LogP contribution in [0.4, 0.5) is 15.3 Å². The molecule has 2 aromatic heterocycles. The van der Waals surface area contributed by atoms with Crippen molar-refractivity contribution in [1.82, 2.24) is 14.9 Å². The fourth-order valence-corrected chi connectivity index (χ4v) is 8.12. The summed E-state index contributed by atoms with van der Waals surface area (Å²) in [6.45, 7) is 23.1. The highest BCUT2D eigenvalue weighted by Crippen LogP contribution is 2.48. The van der Waals surface area contributed by atoms with Gasteiger partial charge in [0.2, 0.25) is 5.95 Å². The number of allylic oxidation sites excluding steroid dienone is 2. The molecule has 0 radical (unpaired) electrons. The number of benzene rings is 1. The lowest BCUT2D eigenvalue weighted by molar-refractivity contribution is 0.135. The number of anilines is 2. The monoisotopic (exact) mass is 718 g/mol. The minimum Gasteiger partial charge on any atom is -0.389 e. The molecular formula is C42H63FN6OS. The average molecular weight is 719 g/mol. The zero-order valence-corrected chi connectivity index (χ0v) is 34.0. The molecule has 1 saturated heterocycles. The van der Waals surface area contributed by atoms with Crippen molar-refractivity contribution >= 4 is 44.6 Å². The van der Waals surface area contributed by atoms with Crippen molar-refractivity contribution in [3.05, 3.63) is 56.1 Å². The maximum Gasteiger partial charge on any atom is 0.226 e. The fraction of sp³-hybridized carbons (Fsp3) is 0.595. The molecule has 0 saturated carbocycles. The van der Waals surface area contributed by atoms with Gasteiger partial charge in [0.15, 0.2) is 0 Å². The van der Waals surface area contributed by atoms with E-state index in [4.69, 9.17) is 20.4 Å². The van der Waals surface area contributed by atoms with Gasteiger partial charge < -0.3 is 20.3 Å². The summed E-state index contributed by atoms with van der Waals surface area (Å²) in [7, 11) is 2.21. The molecule has 1 fully saturated rings. The first-order valence-corrected chi connectivity index (χ1v) is 20.2. The first-order valence-electron chi connectivity index (χ1n) is 19.4. The summed E-state index contributed by atoms with van der Waals surface area (Å²) in [4.78, 5) is 15.1. The molecule has 2 aliphatic rings. The zero-order chi connectivity index (χ0) is 37.7. The van der Waals surface area contributed by atoms with Crippen LogP contribution in [0.15, 0.2) is 17.8 Å². The van der Waals surface area contributed by atoms with Gasteiger partial charge >= 0.3 is 0 Å². The molecule has 0 aliphatic carbocycles. The third kappa shape index (κ3) is 9.57. The molecule has 5 rings (SSSR count). The second kappa shape index (κ2) is 20.7. The van der Waals surface area contributed by atoms with Gasteiger partial charge in [-0.3, -0.25) is 0 Å². The van der Waals surface area contributed by atoms with Crippen LogP contribution in [0.2, 0.25) is 0 Å². The summed E-state index contributed by atoms with van der Waals surface area (Å²) in [5, 5.41) is 11.5. The molecule has 1 aromatic carbocycles. The summed E-state index contributed by atoms with van der Waals surface area (Å²) in [5.41, 5.74) is 14.4. The lowest BCUT2D eigenvalue weighted by atomic mass is 9.81. The van der Waals surface area contributed by atoms with Crippen LogP contribution in [0.25, 0.3) is 22.3 Å². The molecule has 2 aliphatic heterocycles. The van der Waals surface area contributed by atoms with E-state index in [0.717, 1.165) is 100 Å². The van der Waals surface area contributed by atoms with E-state index in [-0.39, 0.29) is 5.83 Å². The predicted molar refractivity (Wildman–Crippen MR) is 217 cm³/mol. The van der Waals surface area contributed by atoms with Crippen LogP contribution in [-0.2, 0) is 24.4 Å². The average Bonchev–Trinajstić information content (AvgIpc) is 3.89. The Kier molecular flexibility index (Phi) is 17.0. The number of rotatable bonds is 13. The van der Waals surface area contributed by atoms with Gasteiger partial charge in [0.1, 0.15) is 16.9 Å². The van der Waals surface area contributed by atoms with E-state index in [1.54, 1.807) is 6.92 Å². The van der Waals surface area contributed by atoms with Crippen LogP contribution in [0.1, 0.15) is 152 Å². The van der Waals surface area contributed by atoms with Crippen molar-refractivity contribution in [2.45, 2.75) is 139 Å². The number of thiophene rings is 1. The zero-order valence-electron chi connectivity index (χ0n) is 33.1. The van der Waals surface area contributed by atoms with Crippen molar-refractivity contribution in [3.63, 3.8) is 0 Å². The number of hydrogen-bond acceptors (Lipinski definition) is 8. The number of unbranched alkanes of at least 4 members (excludes halogenated alkanes) is 2.